The van der Waals surface area contributed by atoms with Crippen molar-refractivity contribution in [3.63, 3.8) is 0 Å². The standard InChI is InChI=1S/C27H22FN3O2/c1-17-7-2-3-10-21(17)18-13-14-24(23(28)16-18)31-27(32)22-11-4-5-12-25(22)33-20-9-6-8-19(15-20)26(29)30/h2-16H,1H3,(H3,29,30)(H,31,32). The molecule has 0 fully saturated rings. The van der Waals surface area contributed by atoms with E-state index in [-0.39, 0.29) is 17.1 Å². The Morgan fingerprint density at radius 2 is 1.70 bits per heavy atom. The van der Waals surface area contributed by atoms with Gasteiger partial charge in [0.05, 0.1) is 11.3 Å². The number of amidine groups is 1. The van der Waals surface area contributed by atoms with Crippen molar-refractivity contribution in [1.82, 2.24) is 0 Å². The number of carbonyl (C=O) groups is 1. The fourth-order valence-electron chi connectivity index (χ4n) is 3.47. The van der Waals surface area contributed by atoms with Gasteiger partial charge in [-0.25, -0.2) is 4.39 Å². The molecule has 0 unspecified atom stereocenters. The molecule has 0 saturated heterocycles. The minimum absolute atomic E-state index is 0.0747. The lowest BCUT2D eigenvalue weighted by atomic mass is 10.0. The van der Waals surface area contributed by atoms with Crippen LogP contribution < -0.4 is 15.8 Å². The van der Waals surface area contributed by atoms with E-state index >= 15 is 0 Å². The van der Waals surface area contributed by atoms with Crippen molar-refractivity contribution in [2.45, 2.75) is 6.92 Å². The van der Waals surface area contributed by atoms with Crippen molar-refractivity contribution in [3.05, 3.63) is 114 Å². The van der Waals surface area contributed by atoms with E-state index in [1.54, 1.807) is 60.7 Å². The fourth-order valence-corrected chi connectivity index (χ4v) is 3.47. The number of rotatable bonds is 6. The van der Waals surface area contributed by atoms with Crippen LogP contribution in [0.4, 0.5) is 10.1 Å². The number of aryl methyl sites for hydroxylation is 1. The van der Waals surface area contributed by atoms with Gasteiger partial charge in [0.25, 0.3) is 5.91 Å². The molecule has 6 heteroatoms. The highest BCUT2D eigenvalue weighted by Crippen LogP contribution is 2.29. The highest BCUT2D eigenvalue weighted by Gasteiger charge is 2.16. The number of hydrogen-bond acceptors (Lipinski definition) is 3. The highest BCUT2D eigenvalue weighted by atomic mass is 19.1. The van der Waals surface area contributed by atoms with Crippen molar-refractivity contribution in [2.24, 2.45) is 5.73 Å². The predicted octanol–water partition coefficient (Wildman–Crippen LogP) is 6.13. The smallest absolute Gasteiger partial charge is 0.259 e. The van der Waals surface area contributed by atoms with Crippen LogP contribution in [0.3, 0.4) is 0 Å². The molecule has 4 N–H and O–H groups in total. The number of nitrogen functional groups attached to an aromatic ring is 1. The summed E-state index contributed by atoms with van der Waals surface area (Å²) in [4.78, 5) is 12.9. The molecule has 0 aliphatic rings. The maximum Gasteiger partial charge on any atom is 0.259 e. The molecule has 164 valence electrons. The maximum atomic E-state index is 14.8. The van der Waals surface area contributed by atoms with Crippen LogP contribution in [0.5, 0.6) is 11.5 Å². The van der Waals surface area contributed by atoms with E-state index in [2.05, 4.69) is 5.32 Å². The van der Waals surface area contributed by atoms with Crippen molar-refractivity contribution < 1.29 is 13.9 Å². The Morgan fingerprint density at radius 1 is 0.939 bits per heavy atom. The number of amides is 1. The topological polar surface area (TPSA) is 88.2 Å². The van der Waals surface area contributed by atoms with Crippen LogP contribution in [0.15, 0.2) is 91.0 Å². The van der Waals surface area contributed by atoms with Crippen LogP contribution in [0, 0.1) is 18.2 Å². The number of anilines is 1. The Morgan fingerprint density at radius 3 is 2.45 bits per heavy atom. The maximum absolute atomic E-state index is 14.8. The summed E-state index contributed by atoms with van der Waals surface area (Å²) in [6, 6.07) is 25.8. The number of ether oxygens (including phenoxy) is 1. The first-order chi connectivity index (χ1) is 15.9. The Bertz CT molecular complexity index is 1350. The number of benzene rings is 4. The van der Waals surface area contributed by atoms with Crippen LogP contribution >= 0.6 is 0 Å². The second kappa shape index (κ2) is 9.36. The Labute approximate surface area is 191 Å². The van der Waals surface area contributed by atoms with Crippen LogP contribution in [0.1, 0.15) is 21.5 Å². The Kier molecular flexibility index (Phi) is 6.17. The molecule has 0 heterocycles. The van der Waals surface area contributed by atoms with Gasteiger partial charge in [-0.3, -0.25) is 10.2 Å². The molecule has 0 saturated carbocycles. The zero-order valence-corrected chi connectivity index (χ0v) is 17.9. The molecular weight excluding hydrogens is 417 g/mol. The number of carbonyl (C=O) groups excluding carboxylic acids is 1. The number of para-hydroxylation sites is 1. The molecule has 0 atom stereocenters. The molecular formula is C27H22FN3O2. The van der Waals surface area contributed by atoms with Crippen LogP contribution in [-0.4, -0.2) is 11.7 Å². The SMILES string of the molecule is Cc1ccccc1-c1ccc(NC(=O)c2ccccc2Oc2cccc(C(=N)N)c2)c(F)c1. The second-order valence-electron chi connectivity index (χ2n) is 7.50. The average Bonchev–Trinajstić information content (AvgIpc) is 2.81. The minimum atomic E-state index is -0.531. The first kappa shape index (κ1) is 21.8. The van der Waals surface area contributed by atoms with Crippen molar-refractivity contribution in [3.8, 4) is 22.6 Å². The summed E-state index contributed by atoms with van der Waals surface area (Å²) in [6.45, 7) is 1.96. The lowest BCUT2D eigenvalue weighted by Gasteiger charge is -2.13. The monoisotopic (exact) mass is 439 g/mol. The Balaban J connectivity index is 1.57. The van der Waals surface area contributed by atoms with Crippen LogP contribution in [-0.2, 0) is 0 Å². The van der Waals surface area contributed by atoms with E-state index in [1.165, 1.54) is 6.07 Å². The molecule has 0 bridgehead atoms. The molecule has 0 aliphatic heterocycles. The van der Waals surface area contributed by atoms with Gasteiger partial charge in [-0.15, -0.1) is 0 Å². The third kappa shape index (κ3) is 4.91. The van der Waals surface area contributed by atoms with Gasteiger partial charge >= 0.3 is 0 Å². The van der Waals surface area contributed by atoms with Gasteiger partial charge in [0, 0.05) is 5.56 Å². The minimum Gasteiger partial charge on any atom is -0.457 e. The molecule has 0 radical (unpaired) electrons. The van der Waals surface area contributed by atoms with Crippen molar-refractivity contribution >= 4 is 17.4 Å². The number of nitrogens with one attached hydrogen (secondary N) is 2. The summed E-state index contributed by atoms with van der Waals surface area (Å²) in [7, 11) is 0. The molecule has 0 aliphatic carbocycles. The van der Waals surface area contributed by atoms with Gasteiger partial charge in [-0.2, -0.15) is 0 Å². The van der Waals surface area contributed by atoms with Crippen molar-refractivity contribution in [2.75, 3.05) is 5.32 Å². The van der Waals surface area contributed by atoms with Gasteiger partial charge < -0.3 is 15.8 Å². The summed E-state index contributed by atoms with van der Waals surface area (Å²) in [5, 5.41) is 10.2. The van der Waals surface area contributed by atoms with Crippen molar-refractivity contribution in [1.29, 1.82) is 5.41 Å². The first-order valence-corrected chi connectivity index (χ1v) is 10.3. The van der Waals surface area contributed by atoms with Gasteiger partial charge in [0.1, 0.15) is 23.2 Å². The second-order valence-corrected chi connectivity index (χ2v) is 7.50. The van der Waals surface area contributed by atoms with E-state index in [4.69, 9.17) is 15.9 Å². The fraction of sp³-hybridized carbons (Fsp3) is 0.0370. The molecule has 4 aromatic rings. The molecule has 0 aromatic heterocycles. The predicted molar refractivity (Wildman–Crippen MR) is 129 cm³/mol. The van der Waals surface area contributed by atoms with Gasteiger partial charge in [-0.05, 0) is 60.0 Å². The van der Waals surface area contributed by atoms with E-state index < -0.39 is 11.7 Å². The summed E-state index contributed by atoms with van der Waals surface area (Å²) >= 11 is 0. The summed E-state index contributed by atoms with van der Waals surface area (Å²) < 4.78 is 20.7. The van der Waals surface area contributed by atoms with E-state index in [9.17, 15) is 9.18 Å². The third-order valence-corrected chi connectivity index (χ3v) is 5.18. The van der Waals surface area contributed by atoms with E-state index in [0.29, 0.717) is 17.1 Å². The summed E-state index contributed by atoms with van der Waals surface area (Å²) in [5.41, 5.74) is 9.06. The van der Waals surface area contributed by atoms with Crippen LogP contribution in [0.25, 0.3) is 11.1 Å². The number of hydrogen-bond donors (Lipinski definition) is 3. The molecule has 0 spiro atoms. The largest absolute Gasteiger partial charge is 0.457 e. The third-order valence-electron chi connectivity index (χ3n) is 5.18. The number of halogens is 1. The number of nitrogens with two attached hydrogens (primary N) is 1. The van der Waals surface area contributed by atoms with Gasteiger partial charge in [0.15, 0.2) is 0 Å². The zero-order chi connectivity index (χ0) is 23.4. The quantitative estimate of drug-likeness (QED) is 0.249. The molecule has 4 rings (SSSR count). The molecule has 5 nitrogen and oxygen atoms in total. The highest BCUT2D eigenvalue weighted by molar-refractivity contribution is 6.06. The lowest BCUT2D eigenvalue weighted by Crippen LogP contribution is -2.14. The molecule has 1 amide bonds. The summed E-state index contributed by atoms with van der Waals surface area (Å²) in [6.07, 6.45) is 0. The van der Waals surface area contributed by atoms with Gasteiger partial charge in [0.2, 0.25) is 0 Å². The zero-order valence-electron chi connectivity index (χ0n) is 17.9. The van der Waals surface area contributed by atoms with Crippen LogP contribution in [0.2, 0.25) is 0 Å². The first-order valence-electron chi connectivity index (χ1n) is 10.3. The molecule has 4 aromatic carbocycles. The van der Waals surface area contributed by atoms with Gasteiger partial charge in [-0.1, -0.05) is 54.6 Å². The van der Waals surface area contributed by atoms with E-state index in [1.807, 2.05) is 31.2 Å². The normalized spacial score (nSPS) is 10.5. The average molecular weight is 439 g/mol. The van der Waals surface area contributed by atoms with E-state index in [0.717, 1.165) is 16.7 Å². The Hall–Kier alpha value is -4.45. The summed E-state index contributed by atoms with van der Waals surface area (Å²) in [5.74, 6) is -0.395. The molecule has 33 heavy (non-hydrogen) atoms. The lowest BCUT2D eigenvalue weighted by molar-refractivity contribution is 0.102.